The molecule has 23 heavy (non-hydrogen) atoms. The second-order valence-corrected chi connectivity index (χ2v) is 5.67. The molecule has 0 saturated heterocycles. The number of amides is 1. The summed E-state index contributed by atoms with van der Waals surface area (Å²) in [6.07, 6.45) is 2.50. The first-order chi connectivity index (χ1) is 11.0. The smallest absolute Gasteiger partial charge is 0.274 e. The standard InChI is InChI=1S/C18H19N3O2/c1-4-13-17(21-8-7-12(3)10-16(21)19-13)18(23)20-14-6-5-11(2)9-15(14)22/h5-10,22H,4H2,1-3H3,(H,20,23). The average molecular weight is 309 g/mol. The maximum Gasteiger partial charge on any atom is 0.274 e. The Morgan fingerprint density at radius 2 is 1.96 bits per heavy atom. The number of phenols is 1. The van der Waals surface area contributed by atoms with Crippen LogP contribution in [0.15, 0.2) is 36.5 Å². The molecule has 0 atom stereocenters. The number of aromatic nitrogens is 2. The Morgan fingerprint density at radius 1 is 1.22 bits per heavy atom. The van der Waals surface area contributed by atoms with Crippen LogP contribution in [0.1, 0.15) is 34.2 Å². The van der Waals surface area contributed by atoms with Crippen molar-refractivity contribution in [3.8, 4) is 5.75 Å². The fourth-order valence-electron chi connectivity index (χ4n) is 2.61. The number of benzene rings is 1. The van der Waals surface area contributed by atoms with Crippen LogP contribution in [0.3, 0.4) is 0 Å². The van der Waals surface area contributed by atoms with Crippen LogP contribution in [0.2, 0.25) is 0 Å². The van der Waals surface area contributed by atoms with Crippen LogP contribution >= 0.6 is 0 Å². The minimum absolute atomic E-state index is 0.0565. The molecular weight excluding hydrogens is 290 g/mol. The van der Waals surface area contributed by atoms with Crippen LogP contribution in [0.5, 0.6) is 5.75 Å². The molecule has 1 amide bonds. The number of fused-ring (bicyclic) bond motifs is 1. The number of phenolic OH excluding ortho intramolecular Hbond substituents is 1. The van der Waals surface area contributed by atoms with Crippen molar-refractivity contribution in [3.05, 3.63) is 59.0 Å². The topological polar surface area (TPSA) is 66.6 Å². The number of nitrogens with zero attached hydrogens (tertiary/aromatic N) is 2. The largest absolute Gasteiger partial charge is 0.506 e. The Kier molecular flexibility index (Phi) is 3.78. The van der Waals surface area contributed by atoms with Gasteiger partial charge in [0.15, 0.2) is 0 Å². The van der Waals surface area contributed by atoms with Gasteiger partial charge in [-0.3, -0.25) is 9.20 Å². The Hall–Kier alpha value is -2.82. The molecule has 0 radical (unpaired) electrons. The molecule has 118 valence electrons. The molecule has 5 nitrogen and oxygen atoms in total. The quantitative estimate of drug-likeness (QED) is 0.728. The lowest BCUT2D eigenvalue weighted by atomic mass is 10.2. The first-order valence-corrected chi connectivity index (χ1v) is 7.58. The lowest BCUT2D eigenvalue weighted by Gasteiger charge is -2.09. The van der Waals surface area contributed by atoms with E-state index in [2.05, 4.69) is 10.3 Å². The van der Waals surface area contributed by atoms with Gasteiger partial charge in [0, 0.05) is 6.20 Å². The van der Waals surface area contributed by atoms with Gasteiger partial charge < -0.3 is 10.4 Å². The van der Waals surface area contributed by atoms with E-state index in [9.17, 15) is 9.90 Å². The van der Waals surface area contributed by atoms with Gasteiger partial charge in [0.2, 0.25) is 0 Å². The summed E-state index contributed by atoms with van der Waals surface area (Å²) in [5.74, 6) is -0.224. The molecule has 2 aromatic heterocycles. The van der Waals surface area contributed by atoms with Gasteiger partial charge in [-0.1, -0.05) is 13.0 Å². The average Bonchev–Trinajstić information content (AvgIpc) is 2.87. The number of hydrogen-bond acceptors (Lipinski definition) is 3. The Bertz CT molecular complexity index is 897. The number of nitrogens with one attached hydrogen (secondary N) is 1. The van der Waals surface area contributed by atoms with Crippen LogP contribution in [0.4, 0.5) is 5.69 Å². The van der Waals surface area contributed by atoms with E-state index in [-0.39, 0.29) is 11.7 Å². The molecule has 0 saturated carbocycles. The third-order valence-electron chi connectivity index (χ3n) is 3.81. The summed E-state index contributed by atoms with van der Waals surface area (Å²) < 4.78 is 1.78. The van der Waals surface area contributed by atoms with E-state index in [4.69, 9.17) is 0 Å². The van der Waals surface area contributed by atoms with E-state index >= 15 is 0 Å². The fourth-order valence-corrected chi connectivity index (χ4v) is 2.61. The molecule has 0 unspecified atom stereocenters. The van der Waals surface area contributed by atoms with Crippen LogP contribution in [-0.4, -0.2) is 20.4 Å². The third kappa shape index (κ3) is 2.77. The van der Waals surface area contributed by atoms with Gasteiger partial charge in [0.25, 0.3) is 5.91 Å². The second-order valence-electron chi connectivity index (χ2n) is 5.67. The fraction of sp³-hybridized carbons (Fsp3) is 0.222. The van der Waals surface area contributed by atoms with Crippen LogP contribution < -0.4 is 5.32 Å². The number of aromatic hydroxyl groups is 1. The Labute approximate surface area is 134 Å². The zero-order chi connectivity index (χ0) is 16.6. The van der Waals surface area contributed by atoms with Gasteiger partial charge >= 0.3 is 0 Å². The maximum absolute atomic E-state index is 12.7. The van der Waals surface area contributed by atoms with Crippen molar-refractivity contribution in [3.63, 3.8) is 0 Å². The molecule has 2 heterocycles. The third-order valence-corrected chi connectivity index (χ3v) is 3.81. The number of carbonyl (C=O) groups excluding carboxylic acids is 1. The van der Waals surface area contributed by atoms with E-state index in [1.165, 1.54) is 0 Å². The van der Waals surface area contributed by atoms with Crippen molar-refractivity contribution in [2.45, 2.75) is 27.2 Å². The normalized spacial score (nSPS) is 10.9. The van der Waals surface area contributed by atoms with Crippen molar-refractivity contribution in [2.24, 2.45) is 0 Å². The molecule has 5 heteroatoms. The highest BCUT2D eigenvalue weighted by Gasteiger charge is 2.19. The van der Waals surface area contributed by atoms with Crippen LogP contribution in [0, 0.1) is 13.8 Å². The van der Waals surface area contributed by atoms with E-state index < -0.39 is 0 Å². The molecule has 0 fully saturated rings. The summed E-state index contributed by atoms with van der Waals surface area (Å²) in [7, 11) is 0. The summed E-state index contributed by atoms with van der Waals surface area (Å²) in [6, 6.07) is 9.04. The molecule has 0 aliphatic rings. The van der Waals surface area contributed by atoms with Gasteiger partial charge in [0.05, 0.1) is 11.4 Å². The first kappa shape index (κ1) is 15.1. The molecule has 3 aromatic rings. The zero-order valence-corrected chi connectivity index (χ0v) is 13.4. The van der Waals surface area contributed by atoms with Crippen molar-refractivity contribution in [1.82, 2.24) is 9.38 Å². The minimum atomic E-state index is -0.280. The molecule has 2 N–H and O–H groups in total. The van der Waals surface area contributed by atoms with Crippen molar-refractivity contribution >= 4 is 17.2 Å². The molecule has 0 bridgehead atoms. The summed E-state index contributed by atoms with van der Waals surface area (Å²) in [4.78, 5) is 17.2. The molecule has 0 aliphatic heterocycles. The van der Waals surface area contributed by atoms with Gasteiger partial charge in [-0.2, -0.15) is 0 Å². The molecule has 0 spiro atoms. The number of anilines is 1. The highest BCUT2D eigenvalue weighted by atomic mass is 16.3. The minimum Gasteiger partial charge on any atom is -0.506 e. The van der Waals surface area contributed by atoms with E-state index in [0.717, 1.165) is 22.5 Å². The summed E-state index contributed by atoms with van der Waals surface area (Å²) in [6.45, 7) is 5.84. The molecular formula is C18H19N3O2. The van der Waals surface area contributed by atoms with Crippen molar-refractivity contribution < 1.29 is 9.90 Å². The lowest BCUT2D eigenvalue weighted by Crippen LogP contribution is -2.16. The van der Waals surface area contributed by atoms with Gasteiger partial charge in [-0.15, -0.1) is 0 Å². The zero-order valence-electron chi connectivity index (χ0n) is 13.4. The number of aryl methyl sites for hydroxylation is 3. The van der Waals surface area contributed by atoms with E-state index in [1.54, 1.807) is 16.5 Å². The van der Waals surface area contributed by atoms with E-state index in [0.29, 0.717) is 17.8 Å². The second kappa shape index (κ2) is 5.76. The number of imidazole rings is 1. The predicted molar refractivity (Wildman–Crippen MR) is 90.1 cm³/mol. The van der Waals surface area contributed by atoms with Crippen LogP contribution in [-0.2, 0) is 6.42 Å². The summed E-state index contributed by atoms with van der Waals surface area (Å²) in [5, 5.41) is 12.7. The number of pyridine rings is 1. The van der Waals surface area contributed by atoms with Gasteiger partial charge in [-0.25, -0.2) is 4.98 Å². The Balaban J connectivity index is 2.03. The van der Waals surface area contributed by atoms with Gasteiger partial charge in [-0.05, 0) is 55.7 Å². The van der Waals surface area contributed by atoms with E-state index in [1.807, 2.05) is 45.2 Å². The number of hydrogen-bond donors (Lipinski definition) is 2. The monoisotopic (exact) mass is 309 g/mol. The molecule has 0 aliphatic carbocycles. The van der Waals surface area contributed by atoms with Crippen molar-refractivity contribution in [1.29, 1.82) is 0 Å². The number of rotatable bonds is 3. The Morgan fingerprint density at radius 3 is 2.65 bits per heavy atom. The lowest BCUT2D eigenvalue weighted by molar-refractivity contribution is 0.102. The highest BCUT2D eigenvalue weighted by molar-refractivity contribution is 6.05. The SMILES string of the molecule is CCc1nc2cc(C)ccn2c1C(=O)Nc1ccc(C)cc1O. The van der Waals surface area contributed by atoms with Gasteiger partial charge in [0.1, 0.15) is 17.1 Å². The molecule has 1 aromatic carbocycles. The number of carbonyl (C=O) groups is 1. The summed E-state index contributed by atoms with van der Waals surface area (Å²) >= 11 is 0. The maximum atomic E-state index is 12.7. The summed E-state index contributed by atoms with van der Waals surface area (Å²) in [5.41, 5.74) is 4.40. The van der Waals surface area contributed by atoms with Crippen molar-refractivity contribution in [2.75, 3.05) is 5.32 Å². The first-order valence-electron chi connectivity index (χ1n) is 7.58. The predicted octanol–water partition coefficient (Wildman–Crippen LogP) is 3.47. The molecule has 3 rings (SSSR count). The van der Waals surface area contributed by atoms with Crippen LogP contribution in [0.25, 0.3) is 5.65 Å². The highest BCUT2D eigenvalue weighted by Crippen LogP contribution is 2.25.